The van der Waals surface area contributed by atoms with Crippen molar-refractivity contribution in [3.63, 3.8) is 0 Å². The second-order valence-corrected chi connectivity index (χ2v) is 6.83. The molecule has 5 N–H and O–H groups in total. The zero-order valence-corrected chi connectivity index (χ0v) is 16.2. The first kappa shape index (κ1) is 19.5. The van der Waals surface area contributed by atoms with Gasteiger partial charge in [-0.1, -0.05) is 12.1 Å². The molecule has 2 aromatic carbocycles. The number of methoxy groups -OCH3 is 2. The zero-order chi connectivity index (χ0) is 20.1. The van der Waals surface area contributed by atoms with Crippen LogP contribution >= 0.6 is 0 Å². The first-order chi connectivity index (χ1) is 13.5. The number of amides is 1. The maximum atomic E-state index is 12.6. The molecule has 0 atom stereocenters. The summed E-state index contributed by atoms with van der Waals surface area (Å²) < 4.78 is 10.7. The van der Waals surface area contributed by atoms with E-state index in [1.807, 2.05) is 30.3 Å². The quantitative estimate of drug-likeness (QED) is 0.479. The number of hydrogen-bond donors (Lipinski definition) is 3. The molecule has 0 heterocycles. The summed E-state index contributed by atoms with van der Waals surface area (Å²) in [5.41, 5.74) is 8.91. The maximum Gasteiger partial charge on any atom is 0.255 e. The average molecular weight is 380 g/mol. The molecule has 6 heteroatoms. The highest BCUT2D eigenvalue weighted by Gasteiger charge is 2.25. The highest BCUT2D eigenvalue weighted by atomic mass is 16.5. The summed E-state index contributed by atoms with van der Waals surface area (Å²) >= 11 is 0. The lowest BCUT2D eigenvalue weighted by molar-refractivity contribution is -0.110. The summed E-state index contributed by atoms with van der Waals surface area (Å²) in [5.74, 6) is 1.57. The summed E-state index contributed by atoms with van der Waals surface area (Å²) in [5, 5.41) is 9.24. The lowest BCUT2D eigenvalue weighted by Crippen LogP contribution is -2.40. The van der Waals surface area contributed by atoms with Gasteiger partial charge in [0.15, 0.2) is 0 Å². The molecule has 1 fully saturated rings. The van der Waals surface area contributed by atoms with Gasteiger partial charge >= 0.3 is 0 Å². The third-order valence-electron chi connectivity index (χ3n) is 4.75. The molecule has 146 valence electrons. The van der Waals surface area contributed by atoms with Gasteiger partial charge < -0.3 is 20.5 Å². The van der Waals surface area contributed by atoms with Crippen LogP contribution in [0.25, 0.3) is 6.08 Å². The smallest absolute Gasteiger partial charge is 0.255 e. The molecule has 0 bridgehead atoms. The first-order valence-electron chi connectivity index (χ1n) is 9.23. The molecular weight excluding hydrogens is 354 g/mol. The SMILES string of the molecule is COc1ccc(/C=C/C(=[NH2+])c2c(N)ccc(C(=O)NCC3CC3)c2OC)cc1. The Morgan fingerprint density at radius 2 is 1.89 bits per heavy atom. The summed E-state index contributed by atoms with van der Waals surface area (Å²) in [6, 6.07) is 10.9. The number of anilines is 1. The highest BCUT2D eigenvalue weighted by Crippen LogP contribution is 2.31. The molecule has 0 spiro atoms. The van der Waals surface area contributed by atoms with Crippen LogP contribution in [0, 0.1) is 5.92 Å². The average Bonchev–Trinajstić information content (AvgIpc) is 3.54. The monoisotopic (exact) mass is 380 g/mol. The Morgan fingerprint density at radius 1 is 1.18 bits per heavy atom. The van der Waals surface area contributed by atoms with E-state index in [9.17, 15) is 4.79 Å². The number of nitrogen functional groups attached to an aromatic ring is 1. The second-order valence-electron chi connectivity index (χ2n) is 6.83. The molecule has 0 saturated heterocycles. The van der Waals surface area contributed by atoms with Crippen LogP contribution in [0.15, 0.2) is 42.5 Å². The van der Waals surface area contributed by atoms with Crippen molar-refractivity contribution in [1.82, 2.24) is 5.32 Å². The Bertz CT molecular complexity index is 900. The van der Waals surface area contributed by atoms with Crippen LogP contribution in [0.1, 0.15) is 34.3 Å². The van der Waals surface area contributed by atoms with E-state index in [0.717, 1.165) is 11.3 Å². The summed E-state index contributed by atoms with van der Waals surface area (Å²) in [4.78, 5) is 12.6. The summed E-state index contributed by atoms with van der Waals surface area (Å²) in [6.07, 6.45) is 5.96. The minimum Gasteiger partial charge on any atom is -0.497 e. The third-order valence-corrected chi connectivity index (χ3v) is 4.75. The summed E-state index contributed by atoms with van der Waals surface area (Å²) in [7, 11) is 3.13. The molecule has 6 nitrogen and oxygen atoms in total. The molecule has 0 aliphatic heterocycles. The number of ether oxygens (including phenoxy) is 2. The zero-order valence-electron chi connectivity index (χ0n) is 16.2. The molecule has 1 amide bonds. The Balaban J connectivity index is 1.83. The van der Waals surface area contributed by atoms with E-state index >= 15 is 0 Å². The standard InChI is InChI=1S/C22H25N3O3/c1-27-16-8-5-14(6-9-16)7-11-18(23)20-19(24)12-10-17(21(20)28-2)22(26)25-13-15-3-4-15/h5-12,15,23H,3-4,13,24H2,1-2H3,(H,25,26)/p+1/b11-7+,23-18?. The van der Waals surface area contributed by atoms with Crippen LogP contribution in [0.4, 0.5) is 5.69 Å². The fraction of sp³-hybridized carbons (Fsp3) is 0.273. The van der Waals surface area contributed by atoms with Crippen molar-refractivity contribution in [3.8, 4) is 11.5 Å². The Hall–Kier alpha value is -3.28. The van der Waals surface area contributed by atoms with Crippen LogP contribution in [0.2, 0.25) is 0 Å². The van der Waals surface area contributed by atoms with E-state index in [0.29, 0.717) is 40.7 Å². The largest absolute Gasteiger partial charge is 0.497 e. The van der Waals surface area contributed by atoms with Gasteiger partial charge in [-0.2, -0.15) is 0 Å². The van der Waals surface area contributed by atoms with Crippen molar-refractivity contribution in [2.24, 2.45) is 5.92 Å². The van der Waals surface area contributed by atoms with Crippen LogP contribution in [-0.4, -0.2) is 32.4 Å². The molecular formula is C22H26N3O3+. The van der Waals surface area contributed by atoms with E-state index in [1.165, 1.54) is 20.0 Å². The van der Waals surface area contributed by atoms with Crippen molar-refractivity contribution in [1.29, 1.82) is 0 Å². The van der Waals surface area contributed by atoms with Crippen LogP contribution in [0.3, 0.4) is 0 Å². The predicted molar refractivity (Wildman–Crippen MR) is 111 cm³/mol. The molecule has 2 aromatic rings. The third kappa shape index (κ3) is 4.52. The fourth-order valence-electron chi connectivity index (χ4n) is 2.93. The van der Waals surface area contributed by atoms with Gasteiger partial charge in [0.05, 0.1) is 19.8 Å². The van der Waals surface area contributed by atoms with Gasteiger partial charge in [-0.25, -0.2) is 0 Å². The van der Waals surface area contributed by atoms with Gasteiger partial charge in [0, 0.05) is 18.3 Å². The van der Waals surface area contributed by atoms with E-state index in [2.05, 4.69) is 5.32 Å². The number of allylic oxidation sites excluding steroid dienone is 1. The number of benzene rings is 2. The molecule has 0 unspecified atom stereocenters. The van der Waals surface area contributed by atoms with Gasteiger partial charge in [-0.05, 0) is 54.7 Å². The minimum absolute atomic E-state index is 0.183. The van der Waals surface area contributed by atoms with E-state index < -0.39 is 0 Å². The number of rotatable bonds is 8. The van der Waals surface area contributed by atoms with Crippen molar-refractivity contribution in [2.75, 3.05) is 26.5 Å². The van der Waals surface area contributed by atoms with E-state index in [4.69, 9.17) is 20.6 Å². The minimum atomic E-state index is -0.183. The summed E-state index contributed by atoms with van der Waals surface area (Å²) in [6.45, 7) is 0.679. The number of hydrogen-bond acceptors (Lipinski definition) is 4. The van der Waals surface area contributed by atoms with Crippen LogP contribution in [-0.2, 0) is 0 Å². The van der Waals surface area contributed by atoms with Crippen molar-refractivity contribution < 1.29 is 19.7 Å². The molecule has 0 radical (unpaired) electrons. The van der Waals surface area contributed by atoms with Crippen LogP contribution < -0.4 is 25.9 Å². The van der Waals surface area contributed by atoms with Crippen molar-refractivity contribution in [2.45, 2.75) is 12.8 Å². The van der Waals surface area contributed by atoms with Gasteiger partial charge in [0.25, 0.3) is 5.91 Å². The number of carbonyl (C=O) groups excluding carboxylic acids is 1. The fourth-order valence-corrected chi connectivity index (χ4v) is 2.93. The first-order valence-corrected chi connectivity index (χ1v) is 9.23. The molecule has 1 aliphatic carbocycles. The molecule has 0 aromatic heterocycles. The number of nitrogens with two attached hydrogens (primary N) is 2. The molecule has 28 heavy (non-hydrogen) atoms. The Morgan fingerprint density at radius 3 is 2.50 bits per heavy atom. The van der Waals surface area contributed by atoms with Crippen molar-refractivity contribution in [3.05, 3.63) is 59.2 Å². The van der Waals surface area contributed by atoms with Gasteiger partial charge in [-0.3, -0.25) is 10.2 Å². The van der Waals surface area contributed by atoms with Gasteiger partial charge in [-0.15, -0.1) is 0 Å². The Kier molecular flexibility index (Phi) is 5.99. The maximum absolute atomic E-state index is 12.6. The molecule has 1 aliphatic rings. The Labute approximate surface area is 164 Å². The van der Waals surface area contributed by atoms with Crippen LogP contribution in [0.5, 0.6) is 11.5 Å². The number of nitrogens with one attached hydrogen (secondary N) is 1. The topological polar surface area (TPSA) is 99.2 Å². The highest BCUT2D eigenvalue weighted by molar-refractivity contribution is 6.14. The van der Waals surface area contributed by atoms with Gasteiger partial charge in [0.2, 0.25) is 5.71 Å². The normalized spacial score (nSPS) is 13.4. The van der Waals surface area contributed by atoms with Gasteiger partial charge in [0.1, 0.15) is 17.1 Å². The van der Waals surface area contributed by atoms with E-state index in [-0.39, 0.29) is 5.91 Å². The molecule has 3 rings (SSSR count). The van der Waals surface area contributed by atoms with E-state index in [1.54, 1.807) is 25.3 Å². The lowest BCUT2D eigenvalue weighted by Gasteiger charge is -2.13. The van der Waals surface area contributed by atoms with Crippen molar-refractivity contribution >= 4 is 23.4 Å². The second kappa shape index (κ2) is 8.61. The predicted octanol–water partition coefficient (Wildman–Crippen LogP) is 1.69. The molecule has 1 saturated carbocycles. The lowest BCUT2D eigenvalue weighted by atomic mass is 10.0. The number of carbonyl (C=O) groups is 1.